The largest absolute Gasteiger partial charge is 0.302 e. The van der Waals surface area contributed by atoms with Gasteiger partial charge in [0.2, 0.25) is 0 Å². The number of rotatable bonds is 2. The Bertz CT molecular complexity index is 262. The van der Waals surface area contributed by atoms with Gasteiger partial charge >= 0.3 is 0 Å². The van der Waals surface area contributed by atoms with Crippen LogP contribution in [0.3, 0.4) is 0 Å². The maximum Gasteiger partial charge on any atom is 0.0326 e. The molecule has 0 aromatic carbocycles. The van der Waals surface area contributed by atoms with Crippen LogP contribution in [-0.4, -0.2) is 31.1 Å². The molecule has 4 bridgehead atoms. The van der Waals surface area contributed by atoms with Crippen molar-refractivity contribution in [3.8, 4) is 0 Å². The van der Waals surface area contributed by atoms with E-state index in [2.05, 4.69) is 14.9 Å². The van der Waals surface area contributed by atoms with Crippen LogP contribution in [0.5, 0.6) is 0 Å². The number of hydrogen-bond donors (Lipinski definition) is 0. The van der Waals surface area contributed by atoms with Gasteiger partial charge in [0.25, 0.3) is 0 Å². The lowest BCUT2D eigenvalue weighted by Crippen LogP contribution is -2.43. The third-order valence-corrected chi connectivity index (χ3v) is 4.07. The summed E-state index contributed by atoms with van der Waals surface area (Å²) in [7, 11) is 0. The monoisotopic (exact) mass is 178 g/mol. The van der Waals surface area contributed by atoms with Crippen molar-refractivity contribution in [3.63, 3.8) is 0 Å². The van der Waals surface area contributed by atoms with Gasteiger partial charge in [-0.05, 0) is 35.6 Å². The molecule has 4 heteroatoms. The summed E-state index contributed by atoms with van der Waals surface area (Å²) in [5, 5.41) is 3.77. The molecule has 3 heterocycles. The van der Waals surface area contributed by atoms with Crippen molar-refractivity contribution >= 4 is 0 Å². The van der Waals surface area contributed by atoms with E-state index in [-0.39, 0.29) is 0 Å². The van der Waals surface area contributed by atoms with Gasteiger partial charge in [-0.1, -0.05) is 5.11 Å². The average molecular weight is 178 g/mol. The Labute approximate surface area is 77.5 Å². The average Bonchev–Trinajstić information content (AvgIpc) is 2.51. The molecule has 4 rings (SSSR count). The number of piperidine rings is 2. The summed E-state index contributed by atoms with van der Waals surface area (Å²) in [4.78, 5) is 5.44. The normalized spacial score (nSPS) is 50.9. The summed E-state index contributed by atoms with van der Waals surface area (Å²) >= 11 is 0. The van der Waals surface area contributed by atoms with E-state index in [9.17, 15) is 0 Å². The van der Waals surface area contributed by atoms with E-state index < -0.39 is 0 Å². The molecule has 0 amide bonds. The van der Waals surface area contributed by atoms with Gasteiger partial charge in [-0.15, -0.1) is 0 Å². The van der Waals surface area contributed by atoms with Crippen LogP contribution in [0.1, 0.15) is 12.8 Å². The first kappa shape index (κ1) is 7.65. The lowest BCUT2D eigenvalue weighted by atomic mass is 9.81. The van der Waals surface area contributed by atoms with Crippen molar-refractivity contribution in [2.45, 2.75) is 12.8 Å². The molecule has 3 unspecified atom stereocenters. The highest BCUT2D eigenvalue weighted by molar-refractivity contribution is 5.07. The predicted molar refractivity (Wildman–Crippen MR) is 49.1 cm³/mol. The van der Waals surface area contributed by atoms with Crippen molar-refractivity contribution in [1.29, 1.82) is 0 Å². The van der Waals surface area contributed by atoms with Crippen molar-refractivity contribution in [2.75, 3.05) is 26.2 Å². The summed E-state index contributed by atoms with van der Waals surface area (Å²) in [6, 6.07) is 0. The molecule has 4 aliphatic rings. The summed E-state index contributed by atoms with van der Waals surface area (Å²) in [6.07, 6.45) is 2.63. The summed E-state index contributed by atoms with van der Waals surface area (Å²) in [6.45, 7) is 4.53. The molecular formula is C9H14N4. The minimum Gasteiger partial charge on any atom is -0.302 e. The third-order valence-electron chi connectivity index (χ3n) is 4.07. The first-order valence-electron chi connectivity index (χ1n) is 5.05. The van der Waals surface area contributed by atoms with E-state index in [0.29, 0.717) is 5.41 Å². The van der Waals surface area contributed by atoms with Gasteiger partial charge in [-0.25, -0.2) is 0 Å². The van der Waals surface area contributed by atoms with Crippen molar-refractivity contribution in [3.05, 3.63) is 10.4 Å². The molecule has 0 aromatic rings. The molecular weight excluding hydrogens is 164 g/mol. The molecule has 3 aliphatic heterocycles. The maximum atomic E-state index is 8.34. The Balaban J connectivity index is 1.83. The van der Waals surface area contributed by atoms with Crippen molar-refractivity contribution in [1.82, 2.24) is 4.90 Å². The van der Waals surface area contributed by atoms with E-state index in [4.69, 9.17) is 5.53 Å². The van der Waals surface area contributed by atoms with Gasteiger partial charge in [-0.2, -0.15) is 0 Å². The number of azide groups is 1. The fourth-order valence-corrected chi connectivity index (χ4v) is 3.79. The molecule has 0 aromatic heterocycles. The first-order chi connectivity index (χ1) is 6.31. The van der Waals surface area contributed by atoms with E-state index >= 15 is 0 Å². The molecule has 70 valence electrons. The Morgan fingerprint density at radius 3 is 2.62 bits per heavy atom. The standard InChI is InChI=1S/C9H14N4/c10-12-11-5-9-1-7-3-13(6-9)4-8(7)2-9/h7-8H,1-6H2/t7-,8?,9?/m1/s1. The summed E-state index contributed by atoms with van der Waals surface area (Å²) in [5.74, 6) is 1.84. The molecule has 1 aliphatic carbocycles. The Morgan fingerprint density at radius 1 is 1.38 bits per heavy atom. The Kier molecular flexibility index (Phi) is 1.41. The quantitative estimate of drug-likeness (QED) is 0.360. The zero-order valence-electron chi connectivity index (χ0n) is 7.69. The minimum atomic E-state index is 0.373. The molecule has 3 saturated heterocycles. The molecule has 4 nitrogen and oxygen atoms in total. The van der Waals surface area contributed by atoms with Crippen LogP contribution in [0.2, 0.25) is 0 Å². The van der Waals surface area contributed by atoms with Crippen molar-refractivity contribution in [2.24, 2.45) is 22.4 Å². The molecule has 0 spiro atoms. The highest BCUT2D eigenvalue weighted by atomic mass is 15.2. The highest BCUT2D eigenvalue weighted by Gasteiger charge is 2.54. The lowest BCUT2D eigenvalue weighted by Gasteiger charge is -2.39. The van der Waals surface area contributed by atoms with Gasteiger partial charge in [0.15, 0.2) is 0 Å². The number of hydrogen-bond acceptors (Lipinski definition) is 2. The van der Waals surface area contributed by atoms with Gasteiger partial charge in [0.1, 0.15) is 0 Å². The molecule has 0 N–H and O–H groups in total. The van der Waals surface area contributed by atoms with Gasteiger partial charge in [0, 0.05) is 31.1 Å². The fourth-order valence-electron chi connectivity index (χ4n) is 3.79. The molecule has 0 radical (unpaired) electrons. The highest BCUT2D eigenvalue weighted by Crippen LogP contribution is 2.54. The van der Waals surface area contributed by atoms with E-state index in [0.717, 1.165) is 18.4 Å². The van der Waals surface area contributed by atoms with Crippen LogP contribution >= 0.6 is 0 Å². The van der Waals surface area contributed by atoms with Crippen LogP contribution < -0.4 is 0 Å². The van der Waals surface area contributed by atoms with E-state index in [1.54, 1.807) is 0 Å². The van der Waals surface area contributed by atoms with Crippen LogP contribution in [0, 0.1) is 17.3 Å². The van der Waals surface area contributed by atoms with Gasteiger partial charge < -0.3 is 4.90 Å². The van der Waals surface area contributed by atoms with Gasteiger partial charge in [-0.3, -0.25) is 0 Å². The van der Waals surface area contributed by atoms with E-state index in [1.807, 2.05) is 0 Å². The summed E-state index contributed by atoms with van der Waals surface area (Å²) < 4.78 is 0. The lowest BCUT2D eigenvalue weighted by molar-refractivity contribution is 0.108. The first-order valence-corrected chi connectivity index (χ1v) is 5.05. The zero-order chi connectivity index (χ0) is 8.89. The molecule has 1 saturated carbocycles. The summed E-state index contributed by atoms with van der Waals surface area (Å²) in [5.41, 5.74) is 8.72. The molecule has 4 fully saturated rings. The zero-order valence-corrected chi connectivity index (χ0v) is 7.69. The SMILES string of the molecule is [N-]=[N+]=NCC12CC3CN(C[C@H]3C1)C2. The number of nitrogens with zero attached hydrogens (tertiary/aromatic N) is 4. The Hall–Kier alpha value is -0.730. The third kappa shape index (κ3) is 0.990. The minimum absolute atomic E-state index is 0.373. The van der Waals surface area contributed by atoms with Crippen LogP contribution in [-0.2, 0) is 0 Å². The Morgan fingerprint density at radius 2 is 2.08 bits per heavy atom. The van der Waals surface area contributed by atoms with Crippen LogP contribution in [0.25, 0.3) is 10.4 Å². The maximum absolute atomic E-state index is 8.34. The fraction of sp³-hybridized carbons (Fsp3) is 1.00. The molecule has 13 heavy (non-hydrogen) atoms. The van der Waals surface area contributed by atoms with Gasteiger partial charge in [0.05, 0.1) is 0 Å². The smallest absolute Gasteiger partial charge is 0.0326 e. The van der Waals surface area contributed by atoms with Crippen LogP contribution in [0.15, 0.2) is 5.11 Å². The second kappa shape index (κ2) is 2.40. The second-order valence-corrected chi connectivity index (χ2v) is 5.01. The topological polar surface area (TPSA) is 52.0 Å². The van der Waals surface area contributed by atoms with Crippen molar-refractivity contribution < 1.29 is 0 Å². The van der Waals surface area contributed by atoms with Crippen LogP contribution in [0.4, 0.5) is 0 Å². The molecule has 4 atom stereocenters. The predicted octanol–water partition coefficient (Wildman–Crippen LogP) is 1.64. The second-order valence-electron chi connectivity index (χ2n) is 5.01. The van der Waals surface area contributed by atoms with E-state index in [1.165, 1.54) is 32.5 Å².